The summed E-state index contributed by atoms with van der Waals surface area (Å²) in [5, 5.41) is 7.26. The molecule has 0 amide bonds. The van der Waals surface area contributed by atoms with Crippen LogP contribution in [0, 0.1) is 10.2 Å². The zero-order chi connectivity index (χ0) is 25.4. The van der Waals surface area contributed by atoms with E-state index in [1.807, 2.05) is 0 Å². The van der Waals surface area contributed by atoms with Crippen LogP contribution in [0.1, 0.15) is 104 Å². The number of aliphatic imine (C=N–C) groups is 2. The molecule has 0 radical (unpaired) electrons. The van der Waals surface area contributed by atoms with Crippen molar-refractivity contribution in [2.45, 2.75) is 93.9 Å². The van der Waals surface area contributed by atoms with Crippen molar-refractivity contribution in [3.05, 3.63) is 56.2 Å². The molecule has 2 aliphatic heterocycles. The Balaban J connectivity index is 0.00000145. The summed E-state index contributed by atoms with van der Waals surface area (Å²) in [5.41, 5.74) is 14.9. The first-order chi connectivity index (χ1) is 16.3. The Bertz CT molecular complexity index is 1070. The Kier molecular flexibility index (Phi) is 13.1. The van der Waals surface area contributed by atoms with Gasteiger partial charge in [0.1, 0.15) is 0 Å². The summed E-state index contributed by atoms with van der Waals surface area (Å²) >= 11 is 2.11. The van der Waals surface area contributed by atoms with Crippen LogP contribution in [-0.2, 0) is 32.3 Å². The molecule has 35 heavy (non-hydrogen) atoms. The molecule has 3 heterocycles. The number of hydrogen-bond acceptors (Lipinski definition) is 3. The molecule has 0 atom stereocenters. The first kappa shape index (κ1) is 31.2. The molecule has 3 rings (SSSR count). The van der Waals surface area contributed by atoms with E-state index < -0.39 is 0 Å². The van der Waals surface area contributed by atoms with Gasteiger partial charge in [-0.3, -0.25) is 9.98 Å². The number of allylic oxidation sites excluding steroid dienone is 4. The number of rotatable bonds is 8. The Morgan fingerprint density at radius 3 is 1.26 bits per heavy atom. The second-order valence-electron chi connectivity index (χ2n) is 8.42. The Morgan fingerprint density at radius 2 is 1.00 bits per heavy atom. The van der Waals surface area contributed by atoms with Crippen LogP contribution >= 0.6 is 0 Å². The third-order valence-corrected chi connectivity index (χ3v) is 6.69. The van der Waals surface area contributed by atoms with Gasteiger partial charge in [0.2, 0.25) is 0 Å². The predicted molar refractivity (Wildman–Crippen MR) is 147 cm³/mol. The van der Waals surface area contributed by atoms with Crippen molar-refractivity contribution >= 4 is 39.6 Å². The average Bonchev–Trinajstić information content (AvgIpc) is 3.42. The van der Waals surface area contributed by atoms with Crippen LogP contribution in [-0.4, -0.2) is 27.4 Å². The summed E-state index contributed by atoms with van der Waals surface area (Å²) in [6.45, 7) is 17.6. The first-order valence-corrected chi connectivity index (χ1v) is 13.4. The van der Waals surface area contributed by atoms with Gasteiger partial charge in [0.05, 0.1) is 11.4 Å². The van der Waals surface area contributed by atoms with Gasteiger partial charge in [-0.15, -0.1) is 11.4 Å². The third kappa shape index (κ3) is 6.71. The van der Waals surface area contributed by atoms with Crippen molar-refractivity contribution in [1.29, 1.82) is 5.26 Å². The fourth-order valence-corrected chi connectivity index (χ4v) is 5.20. The van der Waals surface area contributed by atoms with Crippen LogP contribution in [0.3, 0.4) is 0 Å². The smallest absolute Gasteiger partial charge is 2.00 e. The fourth-order valence-electron chi connectivity index (χ4n) is 5.20. The zero-order valence-electron chi connectivity index (χ0n) is 22.8. The van der Waals surface area contributed by atoms with Crippen LogP contribution < -0.4 is 4.98 Å². The van der Waals surface area contributed by atoms with Gasteiger partial charge < -0.3 is 4.98 Å². The van der Waals surface area contributed by atoms with Crippen LogP contribution in [0.4, 0.5) is 0 Å². The van der Waals surface area contributed by atoms with Gasteiger partial charge >= 0.3 is 45.7 Å². The minimum atomic E-state index is 0. The summed E-state index contributed by atoms with van der Waals surface area (Å²) in [6.07, 6.45) is 10.5. The second-order valence-corrected chi connectivity index (χ2v) is 8.80. The van der Waals surface area contributed by atoms with Crippen molar-refractivity contribution in [2.24, 2.45) is 9.98 Å². The molecule has 0 bridgehead atoms. The molecule has 6 heteroatoms. The largest absolute Gasteiger partial charge is 2.00 e. The van der Waals surface area contributed by atoms with E-state index in [-0.39, 0.29) is 19.5 Å². The van der Waals surface area contributed by atoms with Crippen molar-refractivity contribution in [1.82, 2.24) is 4.98 Å². The summed E-state index contributed by atoms with van der Waals surface area (Å²) in [6, 6.07) is 0. The number of nitrogens with zero attached hydrogens (tertiary/aromatic N) is 4. The zero-order valence-corrected chi connectivity index (χ0v) is 27.5. The van der Waals surface area contributed by atoms with Crippen LogP contribution in [0.25, 0.3) is 12.2 Å². The molecule has 0 spiro atoms. The average molecular weight is 587 g/mol. The van der Waals surface area contributed by atoms with Gasteiger partial charge in [0, 0.05) is 11.4 Å². The standard InChI is InChI=1S/C28H38N3.CHNSe.Zn/c1-9-19-17(7)29-25(21(19)11-3)15-27-23(13-5)24(14-6)28(31-27)16-26-22(12-4)20(10-2)18(8)30-26;2-1-3;/h15-16H,9-14H2,1-8H3;3H;/q-1;;+2/p-1/b25-15-,26-16-;;. The maximum Gasteiger partial charge on any atom is 2.00 e. The van der Waals surface area contributed by atoms with E-state index in [9.17, 15) is 0 Å². The summed E-state index contributed by atoms with van der Waals surface area (Å²) in [5.74, 6) is 0. The second kappa shape index (κ2) is 14.7. The summed E-state index contributed by atoms with van der Waals surface area (Å²) in [7, 11) is 0. The molecule has 1 aromatic rings. The quantitative estimate of drug-likeness (QED) is 0.301. The minimum Gasteiger partial charge on any atom is 2.00 e. The van der Waals surface area contributed by atoms with Gasteiger partial charge in [0.25, 0.3) is 0 Å². The molecule has 1 aromatic heterocycles. The minimum absolute atomic E-state index is 0. The number of nitriles is 1. The van der Waals surface area contributed by atoms with E-state index in [1.165, 1.54) is 33.4 Å². The maximum absolute atomic E-state index is 7.26. The normalized spacial score (nSPS) is 17.3. The van der Waals surface area contributed by atoms with Crippen molar-refractivity contribution in [2.75, 3.05) is 0 Å². The van der Waals surface area contributed by atoms with Gasteiger partial charge in [-0.25, -0.2) is 0 Å². The van der Waals surface area contributed by atoms with E-state index in [4.69, 9.17) is 20.2 Å². The van der Waals surface area contributed by atoms with Crippen molar-refractivity contribution < 1.29 is 19.5 Å². The van der Waals surface area contributed by atoms with E-state index >= 15 is 0 Å². The summed E-state index contributed by atoms with van der Waals surface area (Å²) < 4.78 is 0. The van der Waals surface area contributed by atoms with E-state index in [0.29, 0.717) is 0 Å². The molecule has 0 saturated heterocycles. The first-order valence-electron chi connectivity index (χ1n) is 12.5. The Hall–Kier alpha value is -1.79. The molecule has 0 aliphatic carbocycles. The van der Waals surface area contributed by atoms with E-state index in [1.54, 1.807) is 4.97 Å². The molecule has 4 nitrogen and oxygen atoms in total. The number of hydrogen-bond donors (Lipinski definition) is 0. The fraction of sp³-hybridized carbons (Fsp3) is 0.483. The Labute approximate surface area is 233 Å². The molecule has 182 valence electrons. The van der Waals surface area contributed by atoms with Gasteiger partial charge in [-0.05, 0) is 74.7 Å². The molecule has 2 aliphatic rings. The van der Waals surface area contributed by atoms with Gasteiger partial charge in [-0.2, -0.15) is 0 Å². The third-order valence-electron chi connectivity index (χ3n) is 6.69. The van der Waals surface area contributed by atoms with E-state index in [0.717, 1.165) is 72.7 Å². The van der Waals surface area contributed by atoms with E-state index in [2.05, 4.69) is 83.6 Å². The molecule has 0 aromatic carbocycles. The van der Waals surface area contributed by atoms with Crippen LogP contribution in [0.15, 0.2) is 43.7 Å². The molecule has 0 fully saturated rings. The van der Waals surface area contributed by atoms with Crippen LogP contribution in [0.2, 0.25) is 0 Å². The Morgan fingerprint density at radius 1 is 0.686 bits per heavy atom. The molecule has 0 saturated carbocycles. The number of aromatic nitrogens is 1. The SMILES string of the molecule is CCC1=C(CC)/C(=C/c2[n-]c(/C=C3\N=C(C)C(CC)=C3CC)c(CC)c2CC)N=C1C.N#C[Se-].[Zn+2]. The predicted octanol–water partition coefficient (Wildman–Crippen LogP) is 7.27. The molecule has 0 N–H and O–H groups in total. The van der Waals surface area contributed by atoms with Gasteiger partial charge in [-0.1, -0.05) is 64.8 Å². The maximum atomic E-state index is 7.26. The monoisotopic (exact) mass is 586 g/mol. The topological polar surface area (TPSA) is 62.6 Å². The van der Waals surface area contributed by atoms with Crippen molar-refractivity contribution in [3.63, 3.8) is 0 Å². The van der Waals surface area contributed by atoms with Crippen LogP contribution in [0.5, 0.6) is 0 Å². The molecule has 0 unspecified atom stereocenters. The molecular weight excluding hydrogens is 549 g/mol. The molecular formula is C29H38N4SeZn. The summed E-state index contributed by atoms with van der Waals surface area (Å²) in [4.78, 5) is 16.6. The van der Waals surface area contributed by atoms with Crippen molar-refractivity contribution in [3.8, 4) is 4.97 Å². The van der Waals surface area contributed by atoms with Gasteiger partial charge in [0.15, 0.2) is 0 Å².